The Morgan fingerprint density at radius 1 is 1.17 bits per heavy atom. The molecule has 4 rings (SSSR count). The number of imidazole rings is 1. The predicted octanol–water partition coefficient (Wildman–Crippen LogP) is 2.00. The molecule has 0 amide bonds. The molecule has 24 heavy (non-hydrogen) atoms. The molecule has 2 aromatic rings. The summed E-state index contributed by atoms with van der Waals surface area (Å²) in [5, 5.41) is 4.36. The van der Waals surface area contributed by atoms with Crippen LogP contribution in [-0.4, -0.2) is 37.3 Å². The molecule has 2 fully saturated rings. The maximum Gasteiger partial charge on any atom is 0.266 e. The predicted molar refractivity (Wildman–Crippen MR) is 91.7 cm³/mol. The molecule has 0 bridgehead atoms. The average molecular weight is 327 g/mol. The molecule has 128 valence electrons. The maximum atomic E-state index is 11.9. The summed E-state index contributed by atoms with van der Waals surface area (Å²) in [6, 6.07) is 4.10. The maximum absolute atomic E-state index is 11.9. The van der Waals surface area contributed by atoms with Crippen LogP contribution in [0.15, 0.2) is 29.5 Å². The first-order valence-electron chi connectivity index (χ1n) is 8.97. The Balaban J connectivity index is 1.32. The van der Waals surface area contributed by atoms with Crippen molar-refractivity contribution >= 4 is 0 Å². The summed E-state index contributed by atoms with van der Waals surface area (Å²) in [4.78, 5) is 18.7. The van der Waals surface area contributed by atoms with Crippen molar-refractivity contribution in [2.24, 2.45) is 5.92 Å². The van der Waals surface area contributed by atoms with Crippen LogP contribution in [0.4, 0.5) is 0 Å². The minimum Gasteiger partial charge on any atom is -0.330 e. The number of aromatic nitrogens is 4. The fourth-order valence-electron chi connectivity index (χ4n) is 3.62. The second-order valence-electron chi connectivity index (χ2n) is 7.24. The highest BCUT2D eigenvalue weighted by atomic mass is 16.1. The second kappa shape index (κ2) is 6.51. The van der Waals surface area contributed by atoms with Gasteiger partial charge in [-0.1, -0.05) is 0 Å². The van der Waals surface area contributed by atoms with Crippen molar-refractivity contribution in [2.75, 3.05) is 13.1 Å². The summed E-state index contributed by atoms with van der Waals surface area (Å²) in [7, 11) is 0. The van der Waals surface area contributed by atoms with E-state index in [1.807, 2.05) is 19.4 Å². The molecule has 1 saturated carbocycles. The van der Waals surface area contributed by atoms with E-state index in [2.05, 4.69) is 19.5 Å². The third-order valence-corrected chi connectivity index (χ3v) is 5.21. The first kappa shape index (κ1) is 15.6. The fraction of sp³-hybridized carbons (Fsp3) is 0.611. The molecule has 0 aromatic carbocycles. The van der Waals surface area contributed by atoms with Gasteiger partial charge in [0, 0.05) is 31.4 Å². The molecular weight excluding hydrogens is 302 g/mol. The van der Waals surface area contributed by atoms with E-state index < -0.39 is 0 Å². The Bertz CT molecular complexity index is 753. The molecule has 0 unspecified atom stereocenters. The number of likely N-dealkylation sites (tertiary alicyclic amines) is 1. The Morgan fingerprint density at radius 2 is 1.96 bits per heavy atom. The highest BCUT2D eigenvalue weighted by molar-refractivity contribution is 5.04. The number of aryl methyl sites for hydroxylation is 1. The number of hydrogen-bond donors (Lipinski definition) is 0. The van der Waals surface area contributed by atoms with Crippen LogP contribution in [0.1, 0.15) is 43.1 Å². The van der Waals surface area contributed by atoms with Crippen molar-refractivity contribution in [3.63, 3.8) is 0 Å². The van der Waals surface area contributed by atoms with Crippen molar-refractivity contribution in [2.45, 2.75) is 51.7 Å². The van der Waals surface area contributed by atoms with E-state index in [9.17, 15) is 4.79 Å². The molecule has 1 aliphatic heterocycles. The number of piperidine rings is 1. The lowest BCUT2D eigenvalue weighted by Crippen LogP contribution is -2.36. The minimum absolute atomic E-state index is 0.0105. The van der Waals surface area contributed by atoms with Crippen LogP contribution in [0.5, 0.6) is 0 Å². The van der Waals surface area contributed by atoms with Gasteiger partial charge in [0.2, 0.25) is 0 Å². The van der Waals surface area contributed by atoms with Gasteiger partial charge >= 0.3 is 0 Å². The molecule has 6 nitrogen and oxygen atoms in total. The zero-order chi connectivity index (χ0) is 16.5. The van der Waals surface area contributed by atoms with Crippen molar-refractivity contribution in [1.29, 1.82) is 0 Å². The number of rotatable bonds is 5. The lowest BCUT2D eigenvalue weighted by atomic mass is 9.96. The Morgan fingerprint density at radius 3 is 2.71 bits per heavy atom. The van der Waals surface area contributed by atoms with Gasteiger partial charge in [0.25, 0.3) is 5.56 Å². The standard InChI is InChI=1S/C18H25N5O/c1-14-2-5-18(24)23(20-14)11-15-6-8-21(9-7-15)12-17-10-19-13-22(17)16-3-4-16/h2,5,10,13,15-16H,3-4,6-9,11-12H2,1H3. The van der Waals surface area contributed by atoms with Crippen LogP contribution in [0.2, 0.25) is 0 Å². The van der Waals surface area contributed by atoms with E-state index in [1.165, 1.54) is 18.5 Å². The molecule has 1 aliphatic carbocycles. The van der Waals surface area contributed by atoms with Crippen LogP contribution in [0.3, 0.4) is 0 Å². The monoisotopic (exact) mass is 327 g/mol. The van der Waals surface area contributed by atoms with E-state index in [0.29, 0.717) is 12.0 Å². The molecular formula is C18H25N5O. The quantitative estimate of drug-likeness (QED) is 0.843. The summed E-state index contributed by atoms with van der Waals surface area (Å²) in [5.74, 6) is 0.543. The molecule has 1 saturated heterocycles. The molecule has 0 radical (unpaired) electrons. The van der Waals surface area contributed by atoms with Crippen LogP contribution >= 0.6 is 0 Å². The molecule has 2 aromatic heterocycles. The molecule has 6 heteroatoms. The van der Waals surface area contributed by atoms with E-state index in [4.69, 9.17) is 0 Å². The fourth-order valence-corrected chi connectivity index (χ4v) is 3.62. The topological polar surface area (TPSA) is 56.0 Å². The highest BCUT2D eigenvalue weighted by Gasteiger charge is 2.27. The number of nitrogens with zero attached hydrogens (tertiary/aromatic N) is 5. The van der Waals surface area contributed by atoms with Gasteiger partial charge in [0.1, 0.15) is 0 Å². The lowest BCUT2D eigenvalue weighted by molar-refractivity contribution is 0.160. The Kier molecular flexibility index (Phi) is 4.22. The molecule has 0 N–H and O–H groups in total. The smallest absolute Gasteiger partial charge is 0.266 e. The van der Waals surface area contributed by atoms with Gasteiger partial charge in [0.05, 0.1) is 17.7 Å². The summed E-state index contributed by atoms with van der Waals surface area (Å²) >= 11 is 0. The molecule has 2 aliphatic rings. The molecule has 0 atom stereocenters. The SMILES string of the molecule is Cc1ccc(=O)n(CC2CCN(Cc3cncn3C3CC3)CC2)n1. The van der Waals surface area contributed by atoms with Crippen LogP contribution in [-0.2, 0) is 13.1 Å². The summed E-state index contributed by atoms with van der Waals surface area (Å²) < 4.78 is 3.99. The summed E-state index contributed by atoms with van der Waals surface area (Å²) in [5.41, 5.74) is 2.25. The third-order valence-electron chi connectivity index (χ3n) is 5.21. The van der Waals surface area contributed by atoms with Gasteiger partial charge in [-0.3, -0.25) is 9.69 Å². The van der Waals surface area contributed by atoms with E-state index in [0.717, 1.165) is 44.7 Å². The summed E-state index contributed by atoms with van der Waals surface area (Å²) in [6.45, 7) is 5.84. The van der Waals surface area contributed by atoms with Crippen LogP contribution in [0.25, 0.3) is 0 Å². The van der Waals surface area contributed by atoms with E-state index >= 15 is 0 Å². The largest absolute Gasteiger partial charge is 0.330 e. The van der Waals surface area contributed by atoms with Gasteiger partial charge in [0.15, 0.2) is 0 Å². The van der Waals surface area contributed by atoms with Crippen LogP contribution < -0.4 is 5.56 Å². The van der Waals surface area contributed by atoms with Crippen LogP contribution in [0, 0.1) is 12.8 Å². The van der Waals surface area contributed by atoms with Gasteiger partial charge in [-0.2, -0.15) is 5.10 Å². The normalized spacial score (nSPS) is 19.7. The highest BCUT2D eigenvalue weighted by Crippen LogP contribution is 2.36. The van der Waals surface area contributed by atoms with Crippen molar-refractivity contribution in [3.05, 3.63) is 46.4 Å². The Hall–Kier alpha value is -1.95. The van der Waals surface area contributed by atoms with Crippen molar-refractivity contribution in [1.82, 2.24) is 24.2 Å². The van der Waals surface area contributed by atoms with E-state index in [-0.39, 0.29) is 5.56 Å². The zero-order valence-corrected chi connectivity index (χ0v) is 14.3. The van der Waals surface area contributed by atoms with Gasteiger partial charge in [-0.05, 0) is 57.7 Å². The zero-order valence-electron chi connectivity index (χ0n) is 14.3. The molecule has 3 heterocycles. The van der Waals surface area contributed by atoms with Gasteiger partial charge < -0.3 is 4.57 Å². The van der Waals surface area contributed by atoms with Gasteiger partial charge in [-0.15, -0.1) is 0 Å². The second-order valence-corrected chi connectivity index (χ2v) is 7.24. The first-order chi connectivity index (χ1) is 11.7. The molecule has 0 spiro atoms. The Labute approximate surface area is 142 Å². The minimum atomic E-state index is 0.0105. The number of hydrogen-bond acceptors (Lipinski definition) is 4. The third kappa shape index (κ3) is 3.43. The average Bonchev–Trinajstić information content (AvgIpc) is 3.32. The summed E-state index contributed by atoms with van der Waals surface area (Å²) in [6.07, 6.45) is 8.84. The first-order valence-corrected chi connectivity index (χ1v) is 8.97. The van der Waals surface area contributed by atoms with E-state index in [1.54, 1.807) is 16.8 Å². The lowest BCUT2D eigenvalue weighted by Gasteiger charge is -2.32. The van der Waals surface area contributed by atoms with Crippen molar-refractivity contribution in [3.8, 4) is 0 Å². The van der Waals surface area contributed by atoms with Crippen molar-refractivity contribution < 1.29 is 0 Å². The van der Waals surface area contributed by atoms with Gasteiger partial charge in [-0.25, -0.2) is 9.67 Å².